The molecule has 0 aromatic heterocycles. The highest BCUT2D eigenvalue weighted by molar-refractivity contribution is 5.92. The zero-order valence-corrected chi connectivity index (χ0v) is 16.5. The van der Waals surface area contributed by atoms with Gasteiger partial charge in [0, 0.05) is 18.7 Å². The van der Waals surface area contributed by atoms with Crippen molar-refractivity contribution in [1.29, 1.82) is 0 Å². The van der Waals surface area contributed by atoms with Gasteiger partial charge in [0.15, 0.2) is 6.61 Å². The van der Waals surface area contributed by atoms with Gasteiger partial charge in [-0.3, -0.25) is 4.79 Å². The van der Waals surface area contributed by atoms with E-state index in [-0.39, 0.29) is 19.1 Å². The van der Waals surface area contributed by atoms with Gasteiger partial charge in [-0.05, 0) is 36.5 Å². The molecule has 0 aliphatic carbocycles. The maximum atomic E-state index is 12.5. The normalized spacial score (nSPS) is 19.1. The molecular formula is C23H27NO4. The van der Waals surface area contributed by atoms with Crippen molar-refractivity contribution in [1.82, 2.24) is 4.90 Å². The van der Waals surface area contributed by atoms with Crippen LogP contribution in [0, 0.1) is 11.8 Å². The van der Waals surface area contributed by atoms with Crippen LogP contribution in [0.15, 0.2) is 54.6 Å². The predicted octanol–water partition coefficient (Wildman–Crippen LogP) is 3.93. The highest BCUT2D eigenvalue weighted by Crippen LogP contribution is 2.21. The number of carbonyl (C=O) groups is 2. The molecule has 0 saturated carbocycles. The number of piperidine rings is 1. The first-order chi connectivity index (χ1) is 13.5. The van der Waals surface area contributed by atoms with E-state index in [4.69, 9.17) is 9.47 Å². The van der Waals surface area contributed by atoms with Crippen LogP contribution in [0.1, 0.15) is 36.2 Å². The number of rotatable bonds is 6. The monoisotopic (exact) mass is 381 g/mol. The molecule has 1 aliphatic rings. The third-order valence-corrected chi connectivity index (χ3v) is 4.92. The molecule has 5 heteroatoms. The highest BCUT2D eigenvalue weighted by Gasteiger charge is 2.26. The van der Waals surface area contributed by atoms with Crippen LogP contribution in [0.25, 0.3) is 0 Å². The summed E-state index contributed by atoms with van der Waals surface area (Å²) < 4.78 is 11.1. The van der Waals surface area contributed by atoms with Crippen molar-refractivity contribution in [3.63, 3.8) is 0 Å². The van der Waals surface area contributed by atoms with E-state index in [1.165, 1.54) is 0 Å². The van der Waals surface area contributed by atoms with Gasteiger partial charge in [-0.25, -0.2) is 4.79 Å². The number of hydrogen-bond donors (Lipinski definition) is 0. The molecule has 148 valence electrons. The lowest BCUT2D eigenvalue weighted by atomic mass is 9.92. The van der Waals surface area contributed by atoms with Crippen LogP contribution < -0.4 is 4.74 Å². The summed E-state index contributed by atoms with van der Waals surface area (Å²) in [6, 6.07) is 16.6. The highest BCUT2D eigenvalue weighted by atomic mass is 16.5. The standard InChI is InChI=1S/C23H27NO4/c1-17-12-18(2)14-24(13-17)22(25)16-28-23(26)21-11-7-6-8-19(21)15-27-20-9-4-3-5-10-20/h3-11,17-18H,12-16H2,1-2H3/t17-,18-/m0/s1. The molecule has 1 aliphatic heterocycles. The van der Waals surface area contributed by atoms with Crippen molar-refractivity contribution in [2.45, 2.75) is 26.9 Å². The summed E-state index contributed by atoms with van der Waals surface area (Å²) in [4.78, 5) is 26.8. The molecule has 2 aromatic rings. The molecule has 5 nitrogen and oxygen atoms in total. The number of benzene rings is 2. The minimum Gasteiger partial charge on any atom is -0.489 e. The molecule has 1 amide bonds. The maximum absolute atomic E-state index is 12.5. The second kappa shape index (κ2) is 9.40. The fraction of sp³-hybridized carbons (Fsp3) is 0.391. The van der Waals surface area contributed by atoms with Gasteiger partial charge >= 0.3 is 5.97 Å². The summed E-state index contributed by atoms with van der Waals surface area (Å²) in [5.41, 5.74) is 1.15. The number of nitrogens with zero attached hydrogens (tertiary/aromatic N) is 1. The van der Waals surface area contributed by atoms with E-state index in [0.717, 1.165) is 30.8 Å². The van der Waals surface area contributed by atoms with Gasteiger partial charge in [-0.1, -0.05) is 50.2 Å². The van der Waals surface area contributed by atoms with Gasteiger partial charge in [0.2, 0.25) is 0 Å². The predicted molar refractivity (Wildman–Crippen MR) is 107 cm³/mol. The van der Waals surface area contributed by atoms with Gasteiger partial charge in [0.1, 0.15) is 12.4 Å². The Morgan fingerprint density at radius 2 is 1.61 bits per heavy atom. The number of esters is 1. The third kappa shape index (κ3) is 5.35. The van der Waals surface area contributed by atoms with Crippen LogP contribution in [0.3, 0.4) is 0 Å². The number of para-hydroxylation sites is 1. The molecule has 1 saturated heterocycles. The molecule has 28 heavy (non-hydrogen) atoms. The summed E-state index contributed by atoms with van der Waals surface area (Å²) in [5.74, 6) is 1.04. The van der Waals surface area contributed by atoms with E-state index in [2.05, 4.69) is 13.8 Å². The smallest absolute Gasteiger partial charge is 0.339 e. The molecule has 3 rings (SSSR count). The Morgan fingerprint density at radius 1 is 0.964 bits per heavy atom. The molecule has 0 bridgehead atoms. The molecule has 0 unspecified atom stereocenters. The Morgan fingerprint density at radius 3 is 2.32 bits per heavy atom. The average molecular weight is 381 g/mol. The third-order valence-electron chi connectivity index (χ3n) is 4.92. The number of carbonyl (C=O) groups excluding carboxylic acids is 2. The van der Waals surface area contributed by atoms with Crippen LogP contribution in [-0.2, 0) is 16.1 Å². The summed E-state index contributed by atoms with van der Waals surface area (Å²) in [7, 11) is 0. The van der Waals surface area contributed by atoms with Gasteiger partial charge in [-0.2, -0.15) is 0 Å². The fourth-order valence-corrected chi connectivity index (χ4v) is 3.69. The van der Waals surface area contributed by atoms with Crippen molar-refractivity contribution in [2.24, 2.45) is 11.8 Å². The van der Waals surface area contributed by atoms with Gasteiger partial charge in [0.25, 0.3) is 5.91 Å². The summed E-state index contributed by atoms with van der Waals surface area (Å²) in [5, 5.41) is 0. The number of ether oxygens (including phenoxy) is 2. The number of amides is 1. The minimum absolute atomic E-state index is 0.134. The Labute approximate surface area is 166 Å². The van der Waals surface area contributed by atoms with Gasteiger partial charge < -0.3 is 14.4 Å². The first-order valence-electron chi connectivity index (χ1n) is 9.73. The van der Waals surface area contributed by atoms with Crippen LogP contribution in [0.5, 0.6) is 5.75 Å². The largest absolute Gasteiger partial charge is 0.489 e. The van der Waals surface area contributed by atoms with Crippen molar-refractivity contribution in [2.75, 3.05) is 19.7 Å². The molecular weight excluding hydrogens is 354 g/mol. The Balaban J connectivity index is 1.57. The van der Waals surface area contributed by atoms with Crippen molar-refractivity contribution in [3.8, 4) is 5.75 Å². The summed E-state index contributed by atoms with van der Waals surface area (Å²) in [6.45, 7) is 5.76. The second-order valence-electron chi connectivity index (χ2n) is 7.58. The van der Waals surface area contributed by atoms with E-state index in [9.17, 15) is 9.59 Å². The second-order valence-corrected chi connectivity index (χ2v) is 7.58. The molecule has 0 radical (unpaired) electrons. The summed E-state index contributed by atoms with van der Waals surface area (Å²) in [6.07, 6.45) is 1.12. The Hall–Kier alpha value is -2.82. The van der Waals surface area contributed by atoms with Crippen LogP contribution in [0.2, 0.25) is 0 Å². The fourth-order valence-electron chi connectivity index (χ4n) is 3.69. The van der Waals surface area contributed by atoms with Gasteiger partial charge in [-0.15, -0.1) is 0 Å². The van der Waals surface area contributed by atoms with E-state index in [0.29, 0.717) is 17.4 Å². The van der Waals surface area contributed by atoms with E-state index in [1.807, 2.05) is 42.5 Å². The first kappa shape index (κ1) is 19.9. The van der Waals surface area contributed by atoms with E-state index < -0.39 is 5.97 Å². The average Bonchev–Trinajstić information content (AvgIpc) is 2.70. The zero-order chi connectivity index (χ0) is 19.9. The van der Waals surface area contributed by atoms with Crippen LogP contribution >= 0.6 is 0 Å². The number of hydrogen-bond acceptors (Lipinski definition) is 4. The van der Waals surface area contributed by atoms with Crippen molar-refractivity contribution < 1.29 is 19.1 Å². The van der Waals surface area contributed by atoms with E-state index in [1.54, 1.807) is 17.0 Å². The van der Waals surface area contributed by atoms with Crippen molar-refractivity contribution >= 4 is 11.9 Å². The van der Waals surface area contributed by atoms with Crippen LogP contribution in [0.4, 0.5) is 0 Å². The Bertz CT molecular complexity index is 795. The molecule has 2 atom stereocenters. The molecule has 1 heterocycles. The SMILES string of the molecule is C[C@H]1C[C@H](C)CN(C(=O)COC(=O)c2ccccc2COc2ccccc2)C1. The van der Waals surface area contributed by atoms with Crippen molar-refractivity contribution in [3.05, 3.63) is 65.7 Å². The topological polar surface area (TPSA) is 55.8 Å². The quantitative estimate of drug-likeness (QED) is 0.712. The molecule has 0 spiro atoms. The molecule has 1 fully saturated rings. The lowest BCUT2D eigenvalue weighted by Crippen LogP contribution is -2.44. The maximum Gasteiger partial charge on any atom is 0.339 e. The lowest BCUT2D eigenvalue weighted by Gasteiger charge is -2.34. The molecule has 2 aromatic carbocycles. The van der Waals surface area contributed by atoms with Crippen LogP contribution in [-0.4, -0.2) is 36.5 Å². The summed E-state index contributed by atoms with van der Waals surface area (Å²) >= 11 is 0. The lowest BCUT2D eigenvalue weighted by molar-refractivity contribution is -0.137. The zero-order valence-electron chi connectivity index (χ0n) is 16.5. The minimum atomic E-state index is -0.501. The molecule has 0 N–H and O–H groups in total. The number of likely N-dealkylation sites (tertiary alicyclic amines) is 1. The van der Waals surface area contributed by atoms with Gasteiger partial charge in [0.05, 0.1) is 5.56 Å². The van der Waals surface area contributed by atoms with E-state index >= 15 is 0 Å². The Kier molecular flexibility index (Phi) is 6.69. The first-order valence-corrected chi connectivity index (χ1v) is 9.73.